The average molecular weight is 234 g/mol. The number of rotatable bonds is 5. The average Bonchev–Trinajstić information content (AvgIpc) is 2.60. The molecule has 1 heterocycles. The van der Waals surface area contributed by atoms with Crippen molar-refractivity contribution in [2.75, 3.05) is 5.32 Å². The summed E-state index contributed by atoms with van der Waals surface area (Å²) in [6.45, 7) is 8.40. The predicted octanol–water partition coefficient (Wildman–Crippen LogP) is 2.98. The summed E-state index contributed by atoms with van der Waals surface area (Å²) in [4.78, 5) is 0. The van der Waals surface area contributed by atoms with Crippen LogP contribution in [-0.2, 0) is 7.05 Å². The Morgan fingerprint density at radius 2 is 1.82 bits per heavy atom. The van der Waals surface area contributed by atoms with E-state index in [0.717, 1.165) is 30.8 Å². The summed E-state index contributed by atoms with van der Waals surface area (Å²) in [5, 5.41) is 17.0. The lowest BCUT2D eigenvalue weighted by Crippen LogP contribution is -2.37. The molecule has 1 rings (SSSR count). The molecule has 0 spiro atoms. The van der Waals surface area contributed by atoms with E-state index in [1.54, 1.807) is 4.68 Å². The highest BCUT2D eigenvalue weighted by atomic mass is 15.3. The van der Waals surface area contributed by atoms with Gasteiger partial charge in [-0.3, -0.25) is 4.68 Å². The molecule has 1 aromatic rings. The largest absolute Gasteiger partial charge is 0.364 e. The van der Waals surface area contributed by atoms with Crippen molar-refractivity contribution in [1.82, 2.24) is 9.78 Å². The van der Waals surface area contributed by atoms with Crippen molar-refractivity contribution in [2.24, 2.45) is 7.05 Å². The maximum Gasteiger partial charge on any atom is 0.142 e. The van der Waals surface area contributed by atoms with Crippen molar-refractivity contribution < 1.29 is 0 Å². The standard InChI is InChI=1S/C13H22N4/c1-6-13(7-2,8-3)15-12-11(9-14)10(4)16-17(12)5/h15H,6-8H2,1-5H3. The van der Waals surface area contributed by atoms with E-state index in [-0.39, 0.29) is 5.54 Å². The van der Waals surface area contributed by atoms with Crippen molar-refractivity contribution in [3.05, 3.63) is 11.3 Å². The summed E-state index contributed by atoms with van der Waals surface area (Å²) in [7, 11) is 1.88. The summed E-state index contributed by atoms with van der Waals surface area (Å²) in [6.07, 6.45) is 3.11. The number of nitriles is 1. The van der Waals surface area contributed by atoms with Gasteiger partial charge >= 0.3 is 0 Å². The van der Waals surface area contributed by atoms with Crippen LogP contribution in [0, 0.1) is 18.3 Å². The summed E-state index contributed by atoms with van der Waals surface area (Å²) < 4.78 is 1.77. The van der Waals surface area contributed by atoms with Gasteiger partial charge in [0.1, 0.15) is 17.5 Å². The fraction of sp³-hybridized carbons (Fsp3) is 0.692. The third-order valence-electron chi connectivity index (χ3n) is 3.75. The molecule has 0 atom stereocenters. The first-order chi connectivity index (χ1) is 8.03. The zero-order chi connectivity index (χ0) is 13.1. The number of nitrogens with one attached hydrogen (secondary N) is 1. The number of hydrogen-bond donors (Lipinski definition) is 1. The van der Waals surface area contributed by atoms with Crippen LogP contribution in [0.1, 0.15) is 51.3 Å². The molecule has 0 unspecified atom stereocenters. The first kappa shape index (κ1) is 13.6. The quantitative estimate of drug-likeness (QED) is 0.852. The summed E-state index contributed by atoms with van der Waals surface area (Å²) in [5.41, 5.74) is 1.51. The molecule has 0 amide bonds. The van der Waals surface area contributed by atoms with Gasteiger partial charge in [0, 0.05) is 12.6 Å². The monoisotopic (exact) mass is 234 g/mol. The molecule has 0 aliphatic carbocycles. The summed E-state index contributed by atoms with van der Waals surface area (Å²) in [6, 6.07) is 2.23. The topological polar surface area (TPSA) is 53.6 Å². The Labute approximate surface area is 104 Å². The highest BCUT2D eigenvalue weighted by Crippen LogP contribution is 2.28. The zero-order valence-corrected chi connectivity index (χ0v) is 11.5. The maximum atomic E-state index is 9.18. The van der Waals surface area contributed by atoms with E-state index in [1.807, 2.05) is 14.0 Å². The molecule has 17 heavy (non-hydrogen) atoms. The molecule has 0 aliphatic heterocycles. The highest BCUT2D eigenvalue weighted by molar-refractivity contribution is 5.56. The molecular formula is C13H22N4. The fourth-order valence-corrected chi connectivity index (χ4v) is 2.20. The van der Waals surface area contributed by atoms with Crippen molar-refractivity contribution in [3.8, 4) is 6.07 Å². The molecule has 0 aliphatic rings. The van der Waals surface area contributed by atoms with Gasteiger partial charge in [0.05, 0.1) is 5.69 Å². The third kappa shape index (κ3) is 2.44. The minimum Gasteiger partial charge on any atom is -0.364 e. The fourth-order valence-electron chi connectivity index (χ4n) is 2.20. The smallest absolute Gasteiger partial charge is 0.142 e. The number of hydrogen-bond acceptors (Lipinski definition) is 3. The SMILES string of the molecule is CCC(CC)(CC)Nc1c(C#N)c(C)nn1C. The molecule has 4 heteroatoms. The van der Waals surface area contributed by atoms with Gasteiger partial charge in [-0.05, 0) is 26.2 Å². The molecule has 94 valence electrons. The van der Waals surface area contributed by atoms with E-state index >= 15 is 0 Å². The second kappa shape index (κ2) is 5.22. The van der Waals surface area contributed by atoms with Gasteiger partial charge in [0.2, 0.25) is 0 Å². The predicted molar refractivity (Wildman–Crippen MR) is 69.9 cm³/mol. The molecule has 0 aromatic carbocycles. The van der Waals surface area contributed by atoms with Crippen LogP contribution < -0.4 is 5.32 Å². The molecular weight excluding hydrogens is 212 g/mol. The van der Waals surface area contributed by atoms with Crippen molar-refractivity contribution in [1.29, 1.82) is 5.26 Å². The van der Waals surface area contributed by atoms with E-state index < -0.39 is 0 Å². The van der Waals surface area contributed by atoms with E-state index in [4.69, 9.17) is 0 Å². The Kier molecular flexibility index (Phi) is 4.17. The Morgan fingerprint density at radius 1 is 1.29 bits per heavy atom. The van der Waals surface area contributed by atoms with Crippen LogP contribution in [0.2, 0.25) is 0 Å². The lowest BCUT2D eigenvalue weighted by Gasteiger charge is -2.32. The molecule has 0 radical (unpaired) electrons. The molecule has 4 nitrogen and oxygen atoms in total. The van der Waals surface area contributed by atoms with E-state index in [1.165, 1.54) is 0 Å². The minimum atomic E-state index is 0.0613. The van der Waals surface area contributed by atoms with Gasteiger partial charge in [-0.25, -0.2) is 0 Å². The second-order valence-electron chi connectivity index (χ2n) is 4.51. The van der Waals surface area contributed by atoms with Crippen LogP contribution in [-0.4, -0.2) is 15.3 Å². The molecule has 0 fully saturated rings. The number of nitrogens with zero attached hydrogens (tertiary/aromatic N) is 3. The van der Waals surface area contributed by atoms with Gasteiger partial charge in [0.25, 0.3) is 0 Å². The number of aryl methyl sites for hydroxylation is 2. The van der Waals surface area contributed by atoms with Crippen molar-refractivity contribution >= 4 is 5.82 Å². The zero-order valence-electron chi connectivity index (χ0n) is 11.5. The van der Waals surface area contributed by atoms with Crippen LogP contribution in [0.4, 0.5) is 5.82 Å². The van der Waals surface area contributed by atoms with Gasteiger partial charge in [-0.2, -0.15) is 10.4 Å². The van der Waals surface area contributed by atoms with E-state index in [2.05, 4.69) is 37.3 Å². The van der Waals surface area contributed by atoms with Crippen molar-refractivity contribution in [2.45, 2.75) is 52.5 Å². The molecule has 0 saturated heterocycles. The summed E-state index contributed by atoms with van der Waals surface area (Å²) in [5.74, 6) is 0.843. The molecule has 1 aromatic heterocycles. The molecule has 0 bridgehead atoms. The van der Waals surface area contributed by atoms with Gasteiger partial charge < -0.3 is 5.32 Å². The van der Waals surface area contributed by atoms with Gasteiger partial charge in [-0.15, -0.1) is 0 Å². The van der Waals surface area contributed by atoms with E-state index in [0.29, 0.717) is 5.56 Å². The summed E-state index contributed by atoms with van der Waals surface area (Å²) >= 11 is 0. The van der Waals surface area contributed by atoms with Crippen molar-refractivity contribution in [3.63, 3.8) is 0 Å². The van der Waals surface area contributed by atoms with Crippen LogP contribution in [0.15, 0.2) is 0 Å². The van der Waals surface area contributed by atoms with Crippen LogP contribution in [0.3, 0.4) is 0 Å². The normalized spacial score (nSPS) is 11.3. The Bertz CT molecular complexity index is 413. The van der Waals surface area contributed by atoms with E-state index in [9.17, 15) is 5.26 Å². The van der Waals surface area contributed by atoms with Crippen LogP contribution in [0.5, 0.6) is 0 Å². The first-order valence-electron chi connectivity index (χ1n) is 6.25. The van der Waals surface area contributed by atoms with Gasteiger partial charge in [-0.1, -0.05) is 20.8 Å². The number of aromatic nitrogens is 2. The molecule has 1 N–H and O–H groups in total. The third-order valence-corrected chi connectivity index (χ3v) is 3.75. The van der Waals surface area contributed by atoms with Crippen LogP contribution >= 0.6 is 0 Å². The molecule has 0 saturated carbocycles. The Hall–Kier alpha value is -1.50. The second-order valence-corrected chi connectivity index (χ2v) is 4.51. The lowest BCUT2D eigenvalue weighted by molar-refractivity contribution is 0.416. The Balaban J connectivity index is 3.14. The van der Waals surface area contributed by atoms with Crippen LogP contribution in [0.25, 0.3) is 0 Å². The minimum absolute atomic E-state index is 0.0613. The highest BCUT2D eigenvalue weighted by Gasteiger charge is 2.26. The number of anilines is 1. The van der Waals surface area contributed by atoms with Gasteiger partial charge in [0.15, 0.2) is 0 Å². The first-order valence-corrected chi connectivity index (χ1v) is 6.25. The Morgan fingerprint density at radius 3 is 2.24 bits per heavy atom. The lowest BCUT2D eigenvalue weighted by atomic mass is 9.89. The maximum absolute atomic E-state index is 9.18.